The summed E-state index contributed by atoms with van der Waals surface area (Å²) in [6, 6.07) is 3.65. The van der Waals surface area contributed by atoms with Crippen molar-refractivity contribution in [2.24, 2.45) is 0 Å². The molecule has 1 aromatic carbocycles. The summed E-state index contributed by atoms with van der Waals surface area (Å²) in [7, 11) is 1.33. The monoisotopic (exact) mass is 270 g/mol. The standard InChI is InChI=1S/C11H11BrO3/c1-7-3-8(5-11(14)15-2)9(6-13)10(12)4-7/h3-4,6H,5H2,1-2H3. The van der Waals surface area contributed by atoms with Crippen LogP contribution in [0.25, 0.3) is 0 Å². The topological polar surface area (TPSA) is 43.4 Å². The summed E-state index contributed by atoms with van der Waals surface area (Å²) in [6.45, 7) is 1.90. The van der Waals surface area contributed by atoms with Crippen molar-refractivity contribution in [3.63, 3.8) is 0 Å². The van der Waals surface area contributed by atoms with Crippen molar-refractivity contribution in [3.8, 4) is 0 Å². The molecule has 0 saturated heterocycles. The Morgan fingerprint density at radius 1 is 1.53 bits per heavy atom. The number of ether oxygens (including phenoxy) is 1. The number of rotatable bonds is 3. The third-order valence-corrected chi connectivity index (χ3v) is 2.70. The maximum Gasteiger partial charge on any atom is 0.310 e. The Morgan fingerprint density at radius 3 is 2.73 bits per heavy atom. The number of hydrogen-bond acceptors (Lipinski definition) is 3. The molecule has 0 aliphatic carbocycles. The van der Waals surface area contributed by atoms with E-state index in [2.05, 4.69) is 20.7 Å². The molecule has 0 atom stereocenters. The van der Waals surface area contributed by atoms with Crippen molar-refractivity contribution < 1.29 is 14.3 Å². The molecule has 3 nitrogen and oxygen atoms in total. The summed E-state index contributed by atoms with van der Waals surface area (Å²) in [4.78, 5) is 22.0. The van der Waals surface area contributed by atoms with E-state index in [0.29, 0.717) is 15.6 Å². The molecule has 0 aliphatic heterocycles. The van der Waals surface area contributed by atoms with E-state index < -0.39 is 0 Å². The van der Waals surface area contributed by atoms with Gasteiger partial charge in [0.1, 0.15) is 0 Å². The molecule has 0 amide bonds. The molecule has 0 unspecified atom stereocenters. The van der Waals surface area contributed by atoms with Crippen LogP contribution in [-0.2, 0) is 16.0 Å². The third kappa shape index (κ3) is 2.89. The molecule has 0 bridgehead atoms. The maximum absolute atomic E-state index is 11.1. The highest BCUT2D eigenvalue weighted by atomic mass is 79.9. The number of esters is 1. The molecular formula is C11H11BrO3. The van der Waals surface area contributed by atoms with Crippen molar-refractivity contribution in [1.29, 1.82) is 0 Å². The zero-order valence-electron chi connectivity index (χ0n) is 8.54. The van der Waals surface area contributed by atoms with Crippen LogP contribution in [0, 0.1) is 6.92 Å². The number of hydrogen-bond donors (Lipinski definition) is 0. The van der Waals surface area contributed by atoms with E-state index in [1.54, 1.807) is 0 Å². The second-order valence-corrected chi connectivity index (χ2v) is 4.04. The first-order chi connectivity index (χ1) is 7.08. The van der Waals surface area contributed by atoms with E-state index in [4.69, 9.17) is 0 Å². The zero-order valence-corrected chi connectivity index (χ0v) is 10.1. The largest absolute Gasteiger partial charge is 0.469 e. The van der Waals surface area contributed by atoms with Gasteiger partial charge in [0.2, 0.25) is 0 Å². The van der Waals surface area contributed by atoms with Gasteiger partial charge in [-0.05, 0) is 24.1 Å². The van der Waals surface area contributed by atoms with Crippen LogP contribution in [0.2, 0.25) is 0 Å². The predicted molar refractivity (Wildman–Crippen MR) is 60.0 cm³/mol. The van der Waals surface area contributed by atoms with E-state index in [9.17, 15) is 9.59 Å². The van der Waals surface area contributed by atoms with Crippen LogP contribution in [-0.4, -0.2) is 19.4 Å². The quantitative estimate of drug-likeness (QED) is 0.625. The van der Waals surface area contributed by atoms with Gasteiger partial charge in [0.05, 0.1) is 13.5 Å². The highest BCUT2D eigenvalue weighted by Crippen LogP contribution is 2.22. The lowest BCUT2D eigenvalue weighted by Crippen LogP contribution is -2.07. The van der Waals surface area contributed by atoms with Crippen molar-refractivity contribution in [2.45, 2.75) is 13.3 Å². The second-order valence-electron chi connectivity index (χ2n) is 3.19. The van der Waals surface area contributed by atoms with Gasteiger partial charge in [-0.1, -0.05) is 22.0 Å². The minimum atomic E-state index is -0.351. The van der Waals surface area contributed by atoms with Gasteiger partial charge in [0.25, 0.3) is 0 Å². The fraction of sp³-hybridized carbons (Fsp3) is 0.273. The van der Waals surface area contributed by atoms with Crippen molar-refractivity contribution in [1.82, 2.24) is 0 Å². The molecule has 0 fully saturated rings. The summed E-state index contributed by atoms with van der Waals surface area (Å²) in [6.07, 6.45) is 0.854. The Labute approximate surface area is 96.6 Å². The smallest absolute Gasteiger partial charge is 0.310 e. The van der Waals surface area contributed by atoms with Crippen LogP contribution in [0.4, 0.5) is 0 Å². The summed E-state index contributed by atoms with van der Waals surface area (Å²) >= 11 is 3.29. The van der Waals surface area contributed by atoms with E-state index in [1.165, 1.54) is 7.11 Å². The minimum Gasteiger partial charge on any atom is -0.469 e. The van der Waals surface area contributed by atoms with Gasteiger partial charge in [-0.15, -0.1) is 0 Å². The lowest BCUT2D eigenvalue weighted by Gasteiger charge is -2.07. The van der Waals surface area contributed by atoms with Crippen LogP contribution in [0.5, 0.6) is 0 Å². The molecule has 4 heteroatoms. The number of aryl methyl sites for hydroxylation is 1. The van der Waals surface area contributed by atoms with Gasteiger partial charge in [0, 0.05) is 10.0 Å². The molecular weight excluding hydrogens is 260 g/mol. The Balaban J connectivity index is 3.14. The van der Waals surface area contributed by atoms with E-state index in [0.717, 1.165) is 11.8 Å². The molecule has 15 heavy (non-hydrogen) atoms. The van der Waals surface area contributed by atoms with Crippen LogP contribution in [0.15, 0.2) is 16.6 Å². The number of halogens is 1. The summed E-state index contributed by atoms with van der Waals surface area (Å²) in [5, 5.41) is 0. The van der Waals surface area contributed by atoms with E-state index in [-0.39, 0.29) is 12.4 Å². The molecule has 0 aromatic heterocycles. The Morgan fingerprint density at radius 2 is 2.20 bits per heavy atom. The predicted octanol–water partition coefficient (Wildman–Crippen LogP) is 2.29. The van der Waals surface area contributed by atoms with Crippen LogP contribution in [0.1, 0.15) is 21.5 Å². The molecule has 0 saturated carbocycles. The third-order valence-electron chi connectivity index (χ3n) is 2.04. The molecule has 0 heterocycles. The first-order valence-electron chi connectivity index (χ1n) is 4.39. The van der Waals surface area contributed by atoms with Crippen molar-refractivity contribution >= 4 is 28.2 Å². The first kappa shape index (κ1) is 11.9. The Hall–Kier alpha value is -1.16. The molecule has 0 radical (unpaired) electrons. The van der Waals surface area contributed by atoms with Crippen LogP contribution < -0.4 is 0 Å². The molecule has 1 aromatic rings. The molecule has 0 aliphatic rings. The maximum atomic E-state index is 11.1. The summed E-state index contributed by atoms with van der Waals surface area (Å²) in [5.74, 6) is -0.351. The number of benzene rings is 1. The normalized spacial score (nSPS) is 9.80. The van der Waals surface area contributed by atoms with Crippen LogP contribution in [0.3, 0.4) is 0 Å². The SMILES string of the molecule is COC(=O)Cc1cc(C)cc(Br)c1C=O. The number of carbonyl (C=O) groups is 2. The minimum absolute atomic E-state index is 0.116. The van der Waals surface area contributed by atoms with Crippen molar-refractivity contribution in [3.05, 3.63) is 33.3 Å². The number of aldehydes is 1. The molecule has 0 N–H and O–H groups in total. The molecule has 1 rings (SSSR count). The fourth-order valence-electron chi connectivity index (χ4n) is 1.33. The van der Waals surface area contributed by atoms with Gasteiger partial charge in [-0.2, -0.15) is 0 Å². The number of carbonyl (C=O) groups excluding carboxylic acids is 2. The lowest BCUT2D eigenvalue weighted by atomic mass is 10.0. The Bertz CT molecular complexity index is 399. The number of methoxy groups -OCH3 is 1. The fourth-order valence-corrected chi connectivity index (χ4v) is 2.04. The van der Waals surface area contributed by atoms with Gasteiger partial charge in [0.15, 0.2) is 6.29 Å². The second kappa shape index (κ2) is 5.07. The van der Waals surface area contributed by atoms with E-state index in [1.807, 2.05) is 19.1 Å². The first-order valence-corrected chi connectivity index (χ1v) is 5.18. The van der Waals surface area contributed by atoms with Crippen molar-refractivity contribution in [2.75, 3.05) is 7.11 Å². The van der Waals surface area contributed by atoms with Crippen LogP contribution >= 0.6 is 15.9 Å². The van der Waals surface area contributed by atoms with Gasteiger partial charge in [-0.25, -0.2) is 0 Å². The highest BCUT2D eigenvalue weighted by Gasteiger charge is 2.11. The molecule has 0 spiro atoms. The van der Waals surface area contributed by atoms with Gasteiger partial charge >= 0.3 is 5.97 Å². The van der Waals surface area contributed by atoms with Gasteiger partial charge < -0.3 is 4.74 Å². The van der Waals surface area contributed by atoms with Gasteiger partial charge in [-0.3, -0.25) is 9.59 Å². The highest BCUT2D eigenvalue weighted by molar-refractivity contribution is 9.10. The average Bonchev–Trinajstić information content (AvgIpc) is 2.17. The lowest BCUT2D eigenvalue weighted by molar-refractivity contribution is -0.139. The van der Waals surface area contributed by atoms with E-state index >= 15 is 0 Å². The average molecular weight is 271 g/mol. The zero-order chi connectivity index (χ0) is 11.4. The Kier molecular flexibility index (Phi) is 4.03. The summed E-state index contributed by atoms with van der Waals surface area (Å²) < 4.78 is 5.27. The molecule has 80 valence electrons. The summed E-state index contributed by atoms with van der Waals surface area (Å²) in [5.41, 5.74) is 2.18.